The number of benzene rings is 1. The van der Waals surface area contributed by atoms with Gasteiger partial charge in [-0.05, 0) is 47.0 Å². The van der Waals surface area contributed by atoms with Crippen LogP contribution >= 0.6 is 15.9 Å². The second-order valence-corrected chi connectivity index (χ2v) is 7.66. The van der Waals surface area contributed by atoms with Crippen molar-refractivity contribution in [1.29, 1.82) is 0 Å². The third kappa shape index (κ3) is 3.44. The smallest absolute Gasteiger partial charge is 0.243 e. The van der Waals surface area contributed by atoms with Crippen LogP contribution in [-0.4, -0.2) is 38.8 Å². The van der Waals surface area contributed by atoms with Crippen molar-refractivity contribution in [2.45, 2.75) is 17.7 Å². The van der Waals surface area contributed by atoms with Gasteiger partial charge in [-0.1, -0.05) is 0 Å². The highest BCUT2D eigenvalue weighted by molar-refractivity contribution is 9.10. The molecule has 1 fully saturated rings. The number of amides is 1. The van der Waals surface area contributed by atoms with Gasteiger partial charge in [0, 0.05) is 26.1 Å². The zero-order valence-corrected chi connectivity index (χ0v) is 13.9. The van der Waals surface area contributed by atoms with Gasteiger partial charge < -0.3 is 5.32 Å². The van der Waals surface area contributed by atoms with E-state index in [1.54, 1.807) is 7.05 Å². The molecule has 0 unspecified atom stereocenters. The van der Waals surface area contributed by atoms with E-state index in [2.05, 4.69) is 21.2 Å². The molecule has 0 radical (unpaired) electrons. The molecule has 1 N–H and O–H groups in total. The van der Waals surface area contributed by atoms with E-state index in [1.807, 2.05) is 0 Å². The van der Waals surface area contributed by atoms with Gasteiger partial charge in [0.2, 0.25) is 15.9 Å². The van der Waals surface area contributed by atoms with Crippen LogP contribution in [0.3, 0.4) is 0 Å². The fourth-order valence-corrected chi connectivity index (χ4v) is 4.08. The summed E-state index contributed by atoms with van der Waals surface area (Å²) in [6, 6.07) is 3.75. The summed E-state index contributed by atoms with van der Waals surface area (Å²) in [6.07, 6.45) is 0.940. The minimum absolute atomic E-state index is 0.0678. The van der Waals surface area contributed by atoms with Gasteiger partial charge in [0.1, 0.15) is 5.82 Å². The summed E-state index contributed by atoms with van der Waals surface area (Å²) in [5.41, 5.74) is 0. The van der Waals surface area contributed by atoms with Crippen molar-refractivity contribution in [1.82, 2.24) is 9.62 Å². The van der Waals surface area contributed by atoms with Crippen LogP contribution in [-0.2, 0) is 14.8 Å². The van der Waals surface area contributed by atoms with E-state index < -0.39 is 15.8 Å². The largest absolute Gasteiger partial charge is 0.359 e. The third-order valence-electron chi connectivity index (χ3n) is 3.60. The van der Waals surface area contributed by atoms with Crippen LogP contribution in [0.15, 0.2) is 27.6 Å². The predicted molar refractivity (Wildman–Crippen MR) is 79.6 cm³/mol. The van der Waals surface area contributed by atoms with Crippen molar-refractivity contribution < 1.29 is 17.6 Å². The van der Waals surface area contributed by atoms with E-state index in [4.69, 9.17) is 0 Å². The first kappa shape index (κ1) is 16.4. The average Bonchev–Trinajstić information content (AvgIpc) is 2.49. The topological polar surface area (TPSA) is 66.5 Å². The maximum absolute atomic E-state index is 13.5. The molecule has 0 spiro atoms. The number of piperidine rings is 1. The fraction of sp³-hybridized carbons (Fsp3) is 0.462. The summed E-state index contributed by atoms with van der Waals surface area (Å²) in [5.74, 6) is -0.846. The van der Waals surface area contributed by atoms with Gasteiger partial charge in [-0.3, -0.25) is 4.79 Å². The summed E-state index contributed by atoms with van der Waals surface area (Å²) in [4.78, 5) is 11.5. The molecule has 0 aliphatic carbocycles. The first-order valence-corrected chi connectivity index (χ1v) is 8.76. The molecule has 0 bridgehead atoms. The van der Waals surface area contributed by atoms with Crippen LogP contribution in [0.1, 0.15) is 12.8 Å². The second kappa shape index (κ2) is 6.41. The minimum atomic E-state index is -3.72. The van der Waals surface area contributed by atoms with E-state index >= 15 is 0 Å². The molecule has 8 heteroatoms. The predicted octanol–water partition coefficient (Wildman–Crippen LogP) is 1.73. The zero-order valence-electron chi connectivity index (χ0n) is 11.5. The number of nitrogens with zero attached hydrogens (tertiary/aromatic N) is 1. The van der Waals surface area contributed by atoms with Gasteiger partial charge in [-0.25, -0.2) is 12.8 Å². The Hall–Kier alpha value is -0.990. The van der Waals surface area contributed by atoms with Crippen LogP contribution in [0.25, 0.3) is 0 Å². The molecule has 1 aromatic rings. The van der Waals surface area contributed by atoms with Crippen LogP contribution in [0.4, 0.5) is 4.39 Å². The number of hydrogen-bond acceptors (Lipinski definition) is 3. The number of nitrogens with one attached hydrogen (secondary N) is 1. The van der Waals surface area contributed by atoms with Crippen LogP contribution in [0, 0.1) is 11.7 Å². The molecule has 2 rings (SSSR count). The van der Waals surface area contributed by atoms with Crippen molar-refractivity contribution >= 4 is 31.9 Å². The molecule has 1 heterocycles. The number of rotatable bonds is 3. The highest BCUT2D eigenvalue weighted by Crippen LogP contribution is 2.26. The second-order valence-electron chi connectivity index (χ2n) is 4.87. The molecule has 5 nitrogen and oxygen atoms in total. The molecule has 21 heavy (non-hydrogen) atoms. The van der Waals surface area contributed by atoms with E-state index in [1.165, 1.54) is 16.4 Å². The van der Waals surface area contributed by atoms with Crippen molar-refractivity contribution in [2.75, 3.05) is 20.1 Å². The summed E-state index contributed by atoms with van der Waals surface area (Å²) in [7, 11) is -2.15. The normalized spacial score (nSPS) is 17.7. The Morgan fingerprint density at radius 1 is 1.38 bits per heavy atom. The lowest BCUT2D eigenvalue weighted by molar-refractivity contribution is -0.125. The zero-order chi connectivity index (χ0) is 15.6. The van der Waals surface area contributed by atoms with Crippen molar-refractivity contribution in [3.8, 4) is 0 Å². The maximum atomic E-state index is 13.5. The minimum Gasteiger partial charge on any atom is -0.359 e. The van der Waals surface area contributed by atoms with Gasteiger partial charge in [-0.15, -0.1) is 0 Å². The highest BCUT2D eigenvalue weighted by Gasteiger charge is 2.32. The Labute approximate surface area is 131 Å². The number of sulfonamides is 1. The highest BCUT2D eigenvalue weighted by atomic mass is 79.9. The summed E-state index contributed by atoms with van der Waals surface area (Å²) >= 11 is 3.00. The fourth-order valence-electron chi connectivity index (χ4n) is 2.35. The quantitative estimate of drug-likeness (QED) is 0.870. The first-order chi connectivity index (χ1) is 9.86. The van der Waals surface area contributed by atoms with Crippen LogP contribution < -0.4 is 5.32 Å². The molecule has 0 atom stereocenters. The van der Waals surface area contributed by atoms with Crippen molar-refractivity contribution in [2.24, 2.45) is 5.92 Å². The Morgan fingerprint density at radius 3 is 2.52 bits per heavy atom. The van der Waals surface area contributed by atoms with Crippen molar-refractivity contribution in [3.05, 3.63) is 28.5 Å². The maximum Gasteiger partial charge on any atom is 0.243 e. The molecule has 1 aliphatic heterocycles. The molecule has 0 saturated carbocycles. The molecule has 1 saturated heterocycles. The number of carbonyl (C=O) groups is 1. The third-order valence-corrected chi connectivity index (χ3v) is 6.14. The van der Waals surface area contributed by atoms with Gasteiger partial charge in [0.05, 0.1) is 9.37 Å². The van der Waals surface area contributed by atoms with E-state index in [9.17, 15) is 17.6 Å². The first-order valence-electron chi connectivity index (χ1n) is 6.53. The Morgan fingerprint density at radius 2 is 2.00 bits per heavy atom. The molecule has 1 aromatic carbocycles. The average molecular weight is 379 g/mol. The molecule has 1 amide bonds. The molecule has 1 aliphatic rings. The standard InChI is InChI=1S/C13H16BrFN2O3S/c1-16-13(18)9-4-6-17(7-5-9)21(19,20)10-2-3-11(14)12(15)8-10/h2-3,8-9H,4-7H2,1H3,(H,16,18). The van der Waals surface area contributed by atoms with Gasteiger partial charge in [0.15, 0.2) is 0 Å². The number of halogens is 2. The summed E-state index contributed by atoms with van der Waals surface area (Å²) in [5, 5.41) is 2.57. The van der Waals surface area contributed by atoms with Gasteiger partial charge in [0.25, 0.3) is 0 Å². The lowest BCUT2D eigenvalue weighted by Crippen LogP contribution is -2.42. The summed E-state index contributed by atoms with van der Waals surface area (Å²) < 4.78 is 39.9. The summed E-state index contributed by atoms with van der Waals surface area (Å²) in [6.45, 7) is 0.524. The van der Waals surface area contributed by atoms with E-state index in [0.29, 0.717) is 12.8 Å². The Balaban J connectivity index is 2.14. The Bertz CT molecular complexity index is 643. The van der Waals surface area contributed by atoms with E-state index in [0.717, 1.165) is 6.07 Å². The molecule has 116 valence electrons. The van der Waals surface area contributed by atoms with Crippen LogP contribution in [0.2, 0.25) is 0 Å². The van der Waals surface area contributed by atoms with Gasteiger partial charge in [-0.2, -0.15) is 4.31 Å². The van der Waals surface area contributed by atoms with Crippen LogP contribution in [0.5, 0.6) is 0 Å². The number of carbonyl (C=O) groups excluding carboxylic acids is 1. The molecular weight excluding hydrogens is 363 g/mol. The van der Waals surface area contributed by atoms with E-state index in [-0.39, 0.29) is 34.3 Å². The molecular formula is C13H16BrFN2O3S. The lowest BCUT2D eigenvalue weighted by Gasteiger charge is -2.30. The number of hydrogen-bond donors (Lipinski definition) is 1. The monoisotopic (exact) mass is 378 g/mol. The molecule has 0 aromatic heterocycles. The Kier molecular flexibility index (Phi) is 5.00. The van der Waals surface area contributed by atoms with Gasteiger partial charge >= 0.3 is 0 Å². The SMILES string of the molecule is CNC(=O)C1CCN(S(=O)(=O)c2ccc(Br)c(F)c2)CC1. The lowest BCUT2D eigenvalue weighted by atomic mass is 9.97. The van der Waals surface area contributed by atoms with Crippen molar-refractivity contribution in [3.63, 3.8) is 0 Å².